The van der Waals surface area contributed by atoms with Crippen LogP contribution in [0.4, 0.5) is 0 Å². The first-order valence-electron chi connectivity index (χ1n) is 11.7. The number of aromatic nitrogens is 2. The summed E-state index contributed by atoms with van der Waals surface area (Å²) in [6.07, 6.45) is 4.21. The maximum atomic E-state index is 13.2. The minimum absolute atomic E-state index is 0.0769. The first kappa shape index (κ1) is 29.1. The number of amides is 3. The molecule has 0 aliphatic heterocycles. The molecule has 11 heteroatoms. The number of H-pyrrole nitrogens is 1. The highest BCUT2D eigenvalue weighted by Gasteiger charge is 2.33. The molecule has 0 saturated heterocycles. The zero-order chi connectivity index (χ0) is 26.0. The molecule has 5 atom stereocenters. The van der Waals surface area contributed by atoms with Crippen molar-refractivity contribution in [3.8, 4) is 0 Å². The van der Waals surface area contributed by atoms with E-state index in [-0.39, 0.29) is 24.2 Å². The number of aromatic amines is 1. The van der Waals surface area contributed by atoms with Crippen molar-refractivity contribution in [1.29, 1.82) is 0 Å². The lowest BCUT2D eigenvalue weighted by Crippen LogP contribution is -2.59. The van der Waals surface area contributed by atoms with Crippen molar-refractivity contribution in [2.75, 3.05) is 0 Å². The number of carboxylic acids is 1. The third-order valence-corrected chi connectivity index (χ3v) is 5.70. The third kappa shape index (κ3) is 9.12. The summed E-state index contributed by atoms with van der Waals surface area (Å²) in [5.41, 5.74) is 6.70. The predicted octanol–water partition coefficient (Wildman–Crippen LogP) is 0.567. The topological polar surface area (TPSA) is 179 Å². The van der Waals surface area contributed by atoms with Gasteiger partial charge in [0.1, 0.15) is 18.1 Å². The average Bonchev–Trinajstić information content (AvgIpc) is 3.26. The van der Waals surface area contributed by atoms with E-state index in [1.54, 1.807) is 27.0 Å². The molecule has 1 aromatic heterocycles. The minimum atomic E-state index is -1.14. The number of rotatable bonds is 14. The van der Waals surface area contributed by atoms with E-state index in [0.717, 1.165) is 0 Å². The van der Waals surface area contributed by atoms with E-state index in [1.807, 2.05) is 20.8 Å². The number of hydrogen-bond acceptors (Lipinski definition) is 6. The van der Waals surface area contributed by atoms with E-state index in [9.17, 15) is 24.3 Å². The summed E-state index contributed by atoms with van der Waals surface area (Å²) in [5, 5.41) is 17.4. The van der Waals surface area contributed by atoms with Gasteiger partial charge in [-0.3, -0.25) is 14.4 Å². The number of aliphatic carboxylic acids is 1. The Morgan fingerprint density at radius 3 is 2.09 bits per heavy atom. The molecule has 0 radical (unpaired) electrons. The third-order valence-electron chi connectivity index (χ3n) is 5.70. The van der Waals surface area contributed by atoms with Crippen molar-refractivity contribution in [2.24, 2.45) is 23.5 Å². The summed E-state index contributed by atoms with van der Waals surface area (Å²) in [4.78, 5) is 57.1. The van der Waals surface area contributed by atoms with Crippen LogP contribution in [0.2, 0.25) is 0 Å². The summed E-state index contributed by atoms with van der Waals surface area (Å²) >= 11 is 0. The highest BCUT2D eigenvalue weighted by molar-refractivity contribution is 5.94. The Morgan fingerprint density at radius 2 is 1.62 bits per heavy atom. The first-order valence-corrected chi connectivity index (χ1v) is 11.7. The van der Waals surface area contributed by atoms with Gasteiger partial charge in [-0.1, -0.05) is 48.0 Å². The smallest absolute Gasteiger partial charge is 0.326 e. The van der Waals surface area contributed by atoms with E-state index in [1.165, 1.54) is 6.33 Å². The Kier molecular flexibility index (Phi) is 11.7. The number of nitrogens with two attached hydrogens (primary N) is 1. The van der Waals surface area contributed by atoms with Gasteiger partial charge in [0.05, 0.1) is 12.4 Å². The molecular weight excluding hydrogens is 440 g/mol. The number of carbonyl (C=O) groups excluding carboxylic acids is 3. The summed E-state index contributed by atoms with van der Waals surface area (Å²) in [6.45, 7) is 10.9. The van der Waals surface area contributed by atoms with Crippen molar-refractivity contribution in [3.63, 3.8) is 0 Å². The van der Waals surface area contributed by atoms with Crippen molar-refractivity contribution in [1.82, 2.24) is 25.9 Å². The fourth-order valence-electron chi connectivity index (χ4n) is 3.42. The van der Waals surface area contributed by atoms with Gasteiger partial charge in [0, 0.05) is 18.3 Å². The molecule has 1 rings (SSSR count). The average molecular weight is 481 g/mol. The van der Waals surface area contributed by atoms with Crippen LogP contribution in [-0.4, -0.2) is 62.9 Å². The van der Waals surface area contributed by atoms with Crippen LogP contribution in [0.3, 0.4) is 0 Å². The van der Waals surface area contributed by atoms with E-state index < -0.39 is 47.9 Å². The van der Waals surface area contributed by atoms with Gasteiger partial charge >= 0.3 is 5.97 Å². The van der Waals surface area contributed by atoms with E-state index in [0.29, 0.717) is 18.5 Å². The lowest BCUT2D eigenvalue weighted by atomic mass is 9.95. The largest absolute Gasteiger partial charge is 0.480 e. The highest BCUT2D eigenvalue weighted by atomic mass is 16.4. The molecule has 0 saturated carbocycles. The van der Waals surface area contributed by atoms with Crippen molar-refractivity contribution < 1.29 is 24.3 Å². The molecule has 1 heterocycles. The molecule has 34 heavy (non-hydrogen) atoms. The molecule has 0 aliphatic carbocycles. The fourth-order valence-corrected chi connectivity index (χ4v) is 3.42. The summed E-state index contributed by atoms with van der Waals surface area (Å²) < 4.78 is 0. The Morgan fingerprint density at radius 1 is 1.00 bits per heavy atom. The van der Waals surface area contributed by atoms with Gasteiger partial charge in [0.2, 0.25) is 17.7 Å². The maximum Gasteiger partial charge on any atom is 0.326 e. The van der Waals surface area contributed by atoms with Gasteiger partial charge in [0.15, 0.2) is 0 Å². The van der Waals surface area contributed by atoms with E-state index in [2.05, 4.69) is 25.9 Å². The van der Waals surface area contributed by atoms with E-state index >= 15 is 0 Å². The molecule has 0 bridgehead atoms. The Bertz CT molecular complexity index is 811. The van der Waals surface area contributed by atoms with Gasteiger partial charge in [0.25, 0.3) is 0 Å². The van der Waals surface area contributed by atoms with Crippen molar-refractivity contribution >= 4 is 23.7 Å². The van der Waals surface area contributed by atoms with Crippen molar-refractivity contribution in [2.45, 2.75) is 85.0 Å². The summed E-state index contributed by atoms with van der Waals surface area (Å²) in [6, 6.07) is -3.83. The molecule has 0 aromatic carbocycles. The normalized spacial score (nSPS) is 15.8. The second-order valence-corrected chi connectivity index (χ2v) is 9.52. The zero-order valence-corrected chi connectivity index (χ0v) is 20.9. The number of hydrogen-bond donors (Lipinski definition) is 6. The Labute approximate surface area is 201 Å². The fraction of sp³-hybridized carbons (Fsp3) is 0.696. The number of nitrogens with zero attached hydrogens (tertiary/aromatic N) is 1. The molecule has 0 spiro atoms. The van der Waals surface area contributed by atoms with Gasteiger partial charge < -0.3 is 31.8 Å². The van der Waals surface area contributed by atoms with Crippen LogP contribution in [0, 0.1) is 17.8 Å². The molecule has 3 amide bonds. The second-order valence-electron chi connectivity index (χ2n) is 9.52. The second kappa shape index (κ2) is 13.7. The SMILES string of the molecule is CCC(C)C(NC(=O)C(CC(C)C)NC(=O)C(N)Cc1cnc[nH]1)C(=O)NC(C(=O)O)C(C)C. The van der Waals surface area contributed by atoms with Crippen LogP contribution >= 0.6 is 0 Å². The quantitative estimate of drug-likeness (QED) is 0.225. The molecule has 7 N–H and O–H groups in total. The van der Waals surface area contributed by atoms with Crippen LogP contribution in [0.5, 0.6) is 0 Å². The Balaban J connectivity index is 2.97. The number of carboxylic acid groups (broad SMARTS) is 1. The predicted molar refractivity (Wildman–Crippen MR) is 127 cm³/mol. The molecule has 0 fully saturated rings. The van der Waals surface area contributed by atoms with Gasteiger partial charge in [-0.05, 0) is 24.2 Å². The monoisotopic (exact) mass is 480 g/mol. The molecule has 5 unspecified atom stereocenters. The summed E-state index contributed by atoms with van der Waals surface area (Å²) in [5.74, 6) is -3.25. The number of nitrogens with one attached hydrogen (secondary N) is 4. The lowest BCUT2D eigenvalue weighted by Gasteiger charge is -2.29. The van der Waals surface area contributed by atoms with Crippen LogP contribution in [0.25, 0.3) is 0 Å². The van der Waals surface area contributed by atoms with Crippen LogP contribution in [0.1, 0.15) is 60.1 Å². The summed E-state index contributed by atoms with van der Waals surface area (Å²) in [7, 11) is 0. The minimum Gasteiger partial charge on any atom is -0.480 e. The standard InChI is InChI=1S/C23H40N6O5/c1-7-14(6)19(22(32)28-18(13(4)5)23(33)34)29-21(31)17(8-12(2)3)27-20(30)16(24)9-15-10-25-11-26-15/h10-14,16-19H,7-9,24H2,1-6H3,(H,25,26)(H,27,30)(H,28,32)(H,29,31)(H,33,34). The lowest BCUT2D eigenvalue weighted by molar-refractivity contribution is -0.144. The zero-order valence-electron chi connectivity index (χ0n) is 20.9. The molecule has 11 nitrogen and oxygen atoms in total. The molecular formula is C23H40N6O5. The van der Waals surface area contributed by atoms with Gasteiger partial charge in [-0.15, -0.1) is 0 Å². The van der Waals surface area contributed by atoms with Gasteiger partial charge in [-0.2, -0.15) is 0 Å². The van der Waals surface area contributed by atoms with Crippen LogP contribution in [0.15, 0.2) is 12.5 Å². The van der Waals surface area contributed by atoms with Crippen LogP contribution < -0.4 is 21.7 Å². The number of imidazole rings is 1. The number of carbonyl (C=O) groups is 4. The van der Waals surface area contributed by atoms with E-state index in [4.69, 9.17) is 5.73 Å². The van der Waals surface area contributed by atoms with Crippen molar-refractivity contribution in [3.05, 3.63) is 18.2 Å². The van der Waals surface area contributed by atoms with Gasteiger partial charge in [-0.25, -0.2) is 9.78 Å². The first-order chi connectivity index (χ1) is 15.9. The molecule has 1 aromatic rings. The highest BCUT2D eigenvalue weighted by Crippen LogP contribution is 2.12. The Hall–Kier alpha value is -2.95. The van der Waals surface area contributed by atoms with Crippen LogP contribution in [-0.2, 0) is 25.6 Å². The molecule has 0 aliphatic rings. The molecule has 192 valence electrons. The maximum absolute atomic E-state index is 13.2.